The molecule has 1 saturated heterocycles. The van der Waals surface area contributed by atoms with E-state index in [1.807, 2.05) is 0 Å². The van der Waals surface area contributed by atoms with Gasteiger partial charge >= 0.3 is 5.97 Å². The number of ether oxygens (including phenoxy) is 1. The van der Waals surface area contributed by atoms with Gasteiger partial charge in [0.15, 0.2) is 6.10 Å². The van der Waals surface area contributed by atoms with Crippen LogP contribution in [0.25, 0.3) is 0 Å². The molecule has 1 amide bonds. The Morgan fingerprint density at radius 3 is 2.37 bits per heavy atom. The van der Waals surface area contributed by atoms with Crippen molar-refractivity contribution in [3.05, 3.63) is 0 Å². The maximum Gasteiger partial charge on any atom is 0.332 e. The van der Waals surface area contributed by atoms with Gasteiger partial charge in [-0.3, -0.25) is 4.79 Å². The molecular weight excluding hydrogens is 246 g/mol. The molecule has 3 rings (SSSR count). The van der Waals surface area contributed by atoms with E-state index in [0.29, 0.717) is 24.8 Å². The van der Waals surface area contributed by atoms with Crippen LogP contribution in [-0.4, -0.2) is 35.7 Å². The van der Waals surface area contributed by atoms with Crippen molar-refractivity contribution in [2.75, 3.05) is 6.54 Å². The molecule has 1 aliphatic heterocycles. The normalized spacial score (nSPS) is 40.5. The zero-order chi connectivity index (χ0) is 13.4. The van der Waals surface area contributed by atoms with Gasteiger partial charge in [-0.1, -0.05) is 12.8 Å². The molecule has 2 saturated carbocycles. The topological polar surface area (TPSA) is 75.6 Å². The molecule has 3 fully saturated rings. The fourth-order valence-electron chi connectivity index (χ4n) is 3.75. The first-order valence-corrected chi connectivity index (χ1v) is 7.33. The van der Waals surface area contributed by atoms with E-state index in [9.17, 15) is 9.59 Å². The first-order valence-electron chi connectivity index (χ1n) is 7.33. The third-order valence-electron chi connectivity index (χ3n) is 4.85. The molecule has 0 aromatic carbocycles. The highest BCUT2D eigenvalue weighted by Crippen LogP contribution is 2.55. The lowest BCUT2D eigenvalue weighted by Crippen LogP contribution is -2.34. The first-order chi connectivity index (χ1) is 9.16. The van der Waals surface area contributed by atoms with Gasteiger partial charge in [-0.2, -0.15) is 0 Å². The van der Waals surface area contributed by atoms with Crippen molar-refractivity contribution in [1.82, 2.24) is 5.32 Å². The summed E-state index contributed by atoms with van der Waals surface area (Å²) in [5.41, 5.74) is 0. The van der Waals surface area contributed by atoms with Gasteiger partial charge in [0.1, 0.15) is 0 Å². The second-order valence-corrected chi connectivity index (χ2v) is 6.05. The van der Waals surface area contributed by atoms with Gasteiger partial charge < -0.3 is 15.2 Å². The van der Waals surface area contributed by atoms with Gasteiger partial charge in [-0.15, -0.1) is 0 Å². The summed E-state index contributed by atoms with van der Waals surface area (Å²) in [6.45, 7) is 0.457. The van der Waals surface area contributed by atoms with Crippen LogP contribution in [0, 0.1) is 17.8 Å². The number of aliphatic carboxylic acids is 1. The van der Waals surface area contributed by atoms with Crippen LogP contribution < -0.4 is 5.32 Å². The summed E-state index contributed by atoms with van der Waals surface area (Å²) in [4.78, 5) is 22.8. The fraction of sp³-hybridized carbons (Fsp3) is 0.857. The largest absolute Gasteiger partial charge is 0.479 e. The quantitative estimate of drug-likeness (QED) is 0.801. The molecule has 4 atom stereocenters. The average molecular weight is 267 g/mol. The minimum absolute atomic E-state index is 0.133. The number of hydrogen-bond acceptors (Lipinski definition) is 3. The van der Waals surface area contributed by atoms with Crippen molar-refractivity contribution in [2.24, 2.45) is 17.8 Å². The van der Waals surface area contributed by atoms with E-state index in [1.54, 1.807) is 0 Å². The summed E-state index contributed by atoms with van der Waals surface area (Å²) in [6, 6.07) is 0. The van der Waals surface area contributed by atoms with Crippen LogP contribution >= 0.6 is 0 Å². The predicted octanol–water partition coefficient (Wildman–Crippen LogP) is 1.17. The third kappa shape index (κ3) is 2.61. The second-order valence-electron chi connectivity index (χ2n) is 6.05. The minimum Gasteiger partial charge on any atom is -0.479 e. The van der Waals surface area contributed by atoms with Gasteiger partial charge in [-0.25, -0.2) is 4.79 Å². The molecule has 1 heterocycles. The number of hydrogen-bond donors (Lipinski definition) is 2. The van der Waals surface area contributed by atoms with E-state index in [4.69, 9.17) is 9.84 Å². The summed E-state index contributed by atoms with van der Waals surface area (Å²) in [5.74, 6) is 0.704. The molecule has 19 heavy (non-hydrogen) atoms. The predicted molar refractivity (Wildman–Crippen MR) is 67.5 cm³/mol. The highest BCUT2D eigenvalue weighted by Gasteiger charge is 2.54. The molecule has 0 radical (unpaired) electrons. The Hall–Kier alpha value is -1.10. The van der Waals surface area contributed by atoms with Gasteiger partial charge in [-0.05, 0) is 37.5 Å². The van der Waals surface area contributed by atoms with Gasteiger partial charge in [0.25, 0.3) is 0 Å². The molecule has 0 spiro atoms. The van der Waals surface area contributed by atoms with E-state index < -0.39 is 12.1 Å². The Balaban J connectivity index is 1.41. The summed E-state index contributed by atoms with van der Waals surface area (Å²) in [6.07, 6.45) is 5.36. The smallest absolute Gasteiger partial charge is 0.332 e. The lowest BCUT2D eigenvalue weighted by Gasteiger charge is -2.12. The second kappa shape index (κ2) is 5.12. The first kappa shape index (κ1) is 12.9. The van der Waals surface area contributed by atoms with Crippen molar-refractivity contribution in [3.63, 3.8) is 0 Å². The molecule has 2 aliphatic carbocycles. The van der Waals surface area contributed by atoms with Crippen LogP contribution in [0.3, 0.4) is 0 Å². The van der Waals surface area contributed by atoms with Crippen LogP contribution in [0.1, 0.15) is 38.5 Å². The minimum atomic E-state index is -0.901. The number of fused-ring (bicyclic) bond motifs is 1. The number of carboxylic acid groups (broad SMARTS) is 1. The van der Waals surface area contributed by atoms with Gasteiger partial charge in [0.05, 0.1) is 6.10 Å². The monoisotopic (exact) mass is 267 g/mol. The van der Waals surface area contributed by atoms with E-state index in [-0.39, 0.29) is 17.9 Å². The Bertz CT molecular complexity index is 372. The van der Waals surface area contributed by atoms with E-state index in [1.165, 1.54) is 25.7 Å². The fourth-order valence-corrected chi connectivity index (χ4v) is 3.75. The number of nitrogens with one attached hydrogen (secondary N) is 1. The SMILES string of the molecule is O=C(O)C1CCC(CNC(=O)C2C3CCCCC32)O1. The molecule has 4 unspecified atom stereocenters. The zero-order valence-electron chi connectivity index (χ0n) is 11.0. The number of rotatable bonds is 4. The summed E-state index contributed by atoms with van der Waals surface area (Å²) < 4.78 is 5.38. The molecule has 5 nitrogen and oxygen atoms in total. The molecule has 2 N–H and O–H groups in total. The third-order valence-corrected chi connectivity index (χ3v) is 4.85. The Morgan fingerprint density at radius 2 is 1.79 bits per heavy atom. The van der Waals surface area contributed by atoms with Crippen molar-refractivity contribution in [1.29, 1.82) is 0 Å². The molecule has 5 heteroatoms. The average Bonchev–Trinajstić information content (AvgIpc) is 2.93. The van der Waals surface area contributed by atoms with Crippen molar-refractivity contribution in [2.45, 2.75) is 50.7 Å². The highest BCUT2D eigenvalue weighted by atomic mass is 16.5. The van der Waals surface area contributed by atoms with Crippen LogP contribution in [0.5, 0.6) is 0 Å². The molecule has 3 aliphatic rings. The van der Waals surface area contributed by atoms with E-state index in [2.05, 4.69) is 5.32 Å². The maximum atomic E-state index is 12.1. The molecule has 0 bridgehead atoms. The lowest BCUT2D eigenvalue weighted by atomic mass is 10.0. The maximum absolute atomic E-state index is 12.1. The molecule has 106 valence electrons. The van der Waals surface area contributed by atoms with Gasteiger partial charge in [0, 0.05) is 12.5 Å². The van der Waals surface area contributed by atoms with Crippen molar-refractivity contribution >= 4 is 11.9 Å². The number of carbonyl (C=O) groups is 2. The summed E-state index contributed by atoms with van der Waals surface area (Å²) in [5, 5.41) is 11.8. The zero-order valence-corrected chi connectivity index (χ0v) is 11.0. The standard InChI is InChI=1S/C14H21NO4/c16-13(12-9-3-1-2-4-10(9)12)15-7-8-5-6-11(19-8)14(17)18/h8-12H,1-7H2,(H,15,16)(H,17,18). The van der Waals surface area contributed by atoms with Crippen LogP contribution in [0.2, 0.25) is 0 Å². The van der Waals surface area contributed by atoms with E-state index >= 15 is 0 Å². The highest BCUT2D eigenvalue weighted by molar-refractivity contribution is 5.82. The van der Waals surface area contributed by atoms with Crippen molar-refractivity contribution in [3.8, 4) is 0 Å². The van der Waals surface area contributed by atoms with E-state index in [0.717, 1.165) is 6.42 Å². The Labute approximate surface area is 112 Å². The summed E-state index contributed by atoms with van der Waals surface area (Å²) in [7, 11) is 0. The molecular formula is C14H21NO4. The van der Waals surface area contributed by atoms with Crippen molar-refractivity contribution < 1.29 is 19.4 Å². The Morgan fingerprint density at radius 1 is 1.11 bits per heavy atom. The molecule has 0 aromatic rings. The van der Waals surface area contributed by atoms with Crippen LogP contribution in [0.4, 0.5) is 0 Å². The van der Waals surface area contributed by atoms with Gasteiger partial charge in [0.2, 0.25) is 5.91 Å². The number of amides is 1. The summed E-state index contributed by atoms with van der Waals surface area (Å²) >= 11 is 0. The number of carbonyl (C=O) groups excluding carboxylic acids is 1. The number of carboxylic acids is 1. The van der Waals surface area contributed by atoms with Crippen LogP contribution in [0.15, 0.2) is 0 Å². The lowest BCUT2D eigenvalue weighted by molar-refractivity contribution is -0.149. The molecule has 0 aromatic heterocycles. The van der Waals surface area contributed by atoms with Crippen LogP contribution in [-0.2, 0) is 14.3 Å². The Kier molecular flexibility index (Phi) is 3.48.